The van der Waals surface area contributed by atoms with E-state index in [4.69, 9.17) is 5.73 Å². The van der Waals surface area contributed by atoms with Crippen LogP contribution in [0.4, 0.5) is 0 Å². The molecule has 16 heavy (non-hydrogen) atoms. The molecule has 0 aliphatic heterocycles. The third kappa shape index (κ3) is 2.97. The molecule has 1 aliphatic carbocycles. The van der Waals surface area contributed by atoms with Crippen LogP contribution in [0.15, 0.2) is 0 Å². The van der Waals surface area contributed by atoms with Gasteiger partial charge in [0.2, 0.25) is 5.91 Å². The zero-order valence-electron chi connectivity index (χ0n) is 10.9. The first-order valence-corrected chi connectivity index (χ1v) is 6.62. The van der Waals surface area contributed by atoms with Crippen LogP contribution in [-0.2, 0) is 4.79 Å². The molecule has 1 rings (SSSR count). The van der Waals surface area contributed by atoms with Gasteiger partial charge in [0.05, 0.1) is 0 Å². The van der Waals surface area contributed by atoms with Gasteiger partial charge >= 0.3 is 0 Å². The van der Waals surface area contributed by atoms with Crippen molar-refractivity contribution in [3.05, 3.63) is 0 Å². The molecule has 3 heteroatoms. The molecular formula is C13H26N2O. The smallest absolute Gasteiger partial charge is 0.226 e. The van der Waals surface area contributed by atoms with Crippen molar-refractivity contribution in [2.45, 2.75) is 52.5 Å². The molecule has 2 unspecified atom stereocenters. The highest BCUT2D eigenvalue weighted by Gasteiger charge is 2.34. The molecule has 0 saturated heterocycles. The highest BCUT2D eigenvalue weighted by Crippen LogP contribution is 2.32. The maximum absolute atomic E-state index is 12.4. The van der Waals surface area contributed by atoms with E-state index in [0.717, 1.165) is 32.2 Å². The Morgan fingerprint density at radius 2 is 2.12 bits per heavy atom. The molecule has 2 N–H and O–H groups in total. The number of amides is 1. The van der Waals surface area contributed by atoms with Crippen molar-refractivity contribution in [1.29, 1.82) is 0 Å². The summed E-state index contributed by atoms with van der Waals surface area (Å²) in [5.41, 5.74) is 5.74. The summed E-state index contributed by atoms with van der Waals surface area (Å²) in [6.07, 6.45) is 4.36. The minimum atomic E-state index is 0.193. The molecule has 2 atom stereocenters. The number of hydrogen-bond acceptors (Lipinski definition) is 2. The number of carbonyl (C=O) groups is 1. The first-order valence-electron chi connectivity index (χ1n) is 6.62. The van der Waals surface area contributed by atoms with Crippen molar-refractivity contribution >= 4 is 5.91 Å². The Balaban J connectivity index is 2.66. The Kier molecular flexibility index (Phi) is 5.26. The number of rotatable bonds is 5. The molecule has 1 amide bonds. The van der Waals surface area contributed by atoms with E-state index in [0.29, 0.717) is 24.4 Å². The van der Waals surface area contributed by atoms with Crippen LogP contribution in [0.2, 0.25) is 0 Å². The number of nitrogens with two attached hydrogens (primary N) is 1. The minimum absolute atomic E-state index is 0.193. The van der Waals surface area contributed by atoms with Crippen LogP contribution in [-0.4, -0.2) is 29.9 Å². The van der Waals surface area contributed by atoms with Crippen LogP contribution >= 0.6 is 0 Å². The van der Waals surface area contributed by atoms with Crippen LogP contribution in [0.3, 0.4) is 0 Å². The van der Waals surface area contributed by atoms with Gasteiger partial charge in [0.15, 0.2) is 0 Å². The second-order valence-corrected chi connectivity index (χ2v) is 5.16. The SMILES string of the molecule is CCCN(C(=O)C1CCCC1CN)C(C)C. The average Bonchev–Trinajstić information content (AvgIpc) is 2.72. The Labute approximate surface area is 99.4 Å². The zero-order valence-corrected chi connectivity index (χ0v) is 10.9. The third-order valence-corrected chi connectivity index (χ3v) is 3.65. The second-order valence-electron chi connectivity index (χ2n) is 5.16. The maximum Gasteiger partial charge on any atom is 0.226 e. The van der Waals surface area contributed by atoms with E-state index in [2.05, 4.69) is 20.8 Å². The number of hydrogen-bond donors (Lipinski definition) is 1. The lowest BCUT2D eigenvalue weighted by Crippen LogP contribution is -2.43. The quantitative estimate of drug-likeness (QED) is 0.779. The topological polar surface area (TPSA) is 46.3 Å². The second kappa shape index (κ2) is 6.24. The molecule has 0 heterocycles. The summed E-state index contributed by atoms with van der Waals surface area (Å²) in [6, 6.07) is 0.312. The van der Waals surface area contributed by atoms with E-state index in [1.165, 1.54) is 0 Å². The largest absolute Gasteiger partial charge is 0.340 e. The van der Waals surface area contributed by atoms with Gasteiger partial charge in [-0.2, -0.15) is 0 Å². The summed E-state index contributed by atoms with van der Waals surface area (Å²) in [7, 11) is 0. The summed E-state index contributed by atoms with van der Waals surface area (Å²) in [5, 5.41) is 0. The molecule has 94 valence electrons. The summed E-state index contributed by atoms with van der Waals surface area (Å²) < 4.78 is 0. The van der Waals surface area contributed by atoms with Crippen LogP contribution in [0.25, 0.3) is 0 Å². The lowest BCUT2D eigenvalue weighted by atomic mass is 9.94. The lowest BCUT2D eigenvalue weighted by molar-refractivity contribution is -0.138. The average molecular weight is 226 g/mol. The molecule has 1 fully saturated rings. The van der Waals surface area contributed by atoms with Crippen molar-refractivity contribution in [1.82, 2.24) is 4.90 Å². The van der Waals surface area contributed by atoms with E-state index in [1.54, 1.807) is 0 Å². The minimum Gasteiger partial charge on any atom is -0.340 e. The molecular weight excluding hydrogens is 200 g/mol. The van der Waals surface area contributed by atoms with Gasteiger partial charge in [0.25, 0.3) is 0 Å². The van der Waals surface area contributed by atoms with Crippen LogP contribution < -0.4 is 5.73 Å². The predicted molar refractivity (Wildman–Crippen MR) is 67.0 cm³/mol. The summed E-state index contributed by atoms with van der Waals surface area (Å²) in [4.78, 5) is 14.4. The van der Waals surface area contributed by atoms with E-state index in [9.17, 15) is 4.79 Å². The number of carbonyl (C=O) groups excluding carboxylic acids is 1. The molecule has 0 radical (unpaired) electrons. The monoisotopic (exact) mass is 226 g/mol. The first-order chi connectivity index (χ1) is 7.61. The van der Waals surface area contributed by atoms with E-state index in [1.807, 2.05) is 4.90 Å². The van der Waals surface area contributed by atoms with Crippen molar-refractivity contribution in [3.63, 3.8) is 0 Å². The third-order valence-electron chi connectivity index (χ3n) is 3.65. The fourth-order valence-electron chi connectivity index (χ4n) is 2.72. The molecule has 0 aromatic carbocycles. The van der Waals surface area contributed by atoms with Crippen molar-refractivity contribution in [2.75, 3.05) is 13.1 Å². The predicted octanol–water partition coefficient (Wildman–Crippen LogP) is 2.01. The van der Waals surface area contributed by atoms with Gasteiger partial charge in [0.1, 0.15) is 0 Å². The molecule has 0 spiro atoms. The molecule has 0 aromatic heterocycles. The van der Waals surface area contributed by atoms with Gasteiger partial charge in [-0.25, -0.2) is 0 Å². The van der Waals surface area contributed by atoms with Gasteiger partial charge in [-0.15, -0.1) is 0 Å². The van der Waals surface area contributed by atoms with Gasteiger partial charge < -0.3 is 10.6 Å². The van der Waals surface area contributed by atoms with E-state index in [-0.39, 0.29) is 5.92 Å². The van der Waals surface area contributed by atoms with Crippen molar-refractivity contribution in [3.8, 4) is 0 Å². The van der Waals surface area contributed by atoms with Gasteiger partial charge in [-0.1, -0.05) is 13.3 Å². The molecule has 1 saturated carbocycles. The lowest BCUT2D eigenvalue weighted by Gasteiger charge is -2.31. The first kappa shape index (κ1) is 13.5. The maximum atomic E-state index is 12.4. The van der Waals surface area contributed by atoms with Crippen molar-refractivity contribution in [2.24, 2.45) is 17.6 Å². The fraction of sp³-hybridized carbons (Fsp3) is 0.923. The van der Waals surface area contributed by atoms with E-state index >= 15 is 0 Å². The molecule has 0 bridgehead atoms. The van der Waals surface area contributed by atoms with Crippen LogP contribution in [0, 0.1) is 11.8 Å². The Morgan fingerprint density at radius 1 is 1.44 bits per heavy atom. The normalized spacial score (nSPS) is 25.1. The summed E-state index contributed by atoms with van der Waals surface area (Å²) >= 11 is 0. The Hall–Kier alpha value is -0.570. The fourth-order valence-corrected chi connectivity index (χ4v) is 2.72. The molecule has 0 aromatic rings. The van der Waals surface area contributed by atoms with Crippen LogP contribution in [0.5, 0.6) is 0 Å². The standard InChI is InChI=1S/C13H26N2O/c1-4-8-15(10(2)3)13(16)12-7-5-6-11(12)9-14/h10-12H,4-9,14H2,1-3H3. The zero-order chi connectivity index (χ0) is 12.1. The highest BCUT2D eigenvalue weighted by atomic mass is 16.2. The summed E-state index contributed by atoms with van der Waals surface area (Å²) in [5.74, 6) is 0.953. The van der Waals surface area contributed by atoms with Crippen LogP contribution in [0.1, 0.15) is 46.5 Å². The Morgan fingerprint density at radius 3 is 2.62 bits per heavy atom. The molecule has 1 aliphatic rings. The Bertz CT molecular complexity index is 224. The molecule has 3 nitrogen and oxygen atoms in total. The van der Waals surface area contributed by atoms with Gasteiger partial charge in [0, 0.05) is 18.5 Å². The van der Waals surface area contributed by atoms with Gasteiger partial charge in [-0.05, 0) is 45.6 Å². The summed E-state index contributed by atoms with van der Waals surface area (Å²) in [6.45, 7) is 7.86. The van der Waals surface area contributed by atoms with Crippen molar-refractivity contribution < 1.29 is 4.79 Å². The highest BCUT2D eigenvalue weighted by molar-refractivity contribution is 5.79. The number of nitrogens with zero attached hydrogens (tertiary/aromatic N) is 1. The van der Waals surface area contributed by atoms with Gasteiger partial charge in [-0.3, -0.25) is 4.79 Å². The van der Waals surface area contributed by atoms with E-state index < -0.39 is 0 Å².